The minimum Gasteiger partial charge on any atom is -0.493 e. The number of carbonyl (C=O) groups excluding carboxylic acids is 2. The summed E-state index contributed by atoms with van der Waals surface area (Å²) < 4.78 is 11.2. The molecule has 28 heavy (non-hydrogen) atoms. The fourth-order valence-corrected chi connectivity index (χ4v) is 3.02. The van der Waals surface area contributed by atoms with Crippen molar-refractivity contribution in [3.05, 3.63) is 52.0 Å². The highest BCUT2D eigenvalue weighted by molar-refractivity contribution is 9.10. The van der Waals surface area contributed by atoms with Gasteiger partial charge in [-0.1, -0.05) is 18.2 Å². The lowest BCUT2D eigenvalue weighted by molar-refractivity contribution is -0.124. The van der Waals surface area contributed by atoms with E-state index in [1.54, 1.807) is 19.2 Å². The van der Waals surface area contributed by atoms with Gasteiger partial charge in [-0.2, -0.15) is 5.10 Å². The van der Waals surface area contributed by atoms with Gasteiger partial charge in [0, 0.05) is 18.5 Å². The molecule has 0 aliphatic carbocycles. The first-order chi connectivity index (χ1) is 13.4. The van der Waals surface area contributed by atoms with Crippen LogP contribution < -0.4 is 20.2 Å². The van der Waals surface area contributed by atoms with Crippen molar-refractivity contribution in [2.75, 3.05) is 19.5 Å². The number of hydrazone groups is 1. The van der Waals surface area contributed by atoms with Gasteiger partial charge in [0.15, 0.2) is 11.5 Å². The van der Waals surface area contributed by atoms with E-state index in [0.29, 0.717) is 21.5 Å². The summed E-state index contributed by atoms with van der Waals surface area (Å²) in [4.78, 5) is 23.9. The molecule has 0 aliphatic rings. The van der Waals surface area contributed by atoms with Crippen LogP contribution in [0.25, 0.3) is 0 Å². The molecule has 0 heterocycles. The van der Waals surface area contributed by atoms with Gasteiger partial charge in [0.05, 0.1) is 24.9 Å². The van der Waals surface area contributed by atoms with Gasteiger partial charge in [-0.05, 0) is 52.2 Å². The first-order valence-electron chi connectivity index (χ1n) is 8.53. The molecule has 0 saturated carbocycles. The lowest BCUT2D eigenvalue weighted by Crippen LogP contribution is -2.20. The molecule has 0 aromatic heterocycles. The van der Waals surface area contributed by atoms with E-state index in [2.05, 4.69) is 31.8 Å². The molecule has 0 saturated heterocycles. The number of amides is 2. The van der Waals surface area contributed by atoms with Crippen molar-refractivity contribution >= 4 is 39.6 Å². The van der Waals surface area contributed by atoms with E-state index in [4.69, 9.17) is 9.47 Å². The Morgan fingerprint density at radius 2 is 1.82 bits per heavy atom. The number of anilines is 1. The van der Waals surface area contributed by atoms with E-state index in [9.17, 15) is 9.59 Å². The summed E-state index contributed by atoms with van der Waals surface area (Å²) in [6, 6.07) is 11.0. The average molecular weight is 448 g/mol. The maximum absolute atomic E-state index is 12.0. The monoisotopic (exact) mass is 447 g/mol. The van der Waals surface area contributed by atoms with Gasteiger partial charge in [0.25, 0.3) is 0 Å². The number of ether oxygens (including phenoxy) is 2. The molecular weight excluding hydrogens is 426 g/mol. The minimum atomic E-state index is -0.351. The number of nitrogens with one attached hydrogen (secondary N) is 2. The molecule has 0 unspecified atom stereocenters. The van der Waals surface area contributed by atoms with Crippen LogP contribution in [0.5, 0.6) is 11.5 Å². The number of nitrogens with zero attached hydrogens (tertiary/aromatic N) is 1. The van der Waals surface area contributed by atoms with Gasteiger partial charge >= 0.3 is 0 Å². The smallest absolute Gasteiger partial charge is 0.240 e. The molecule has 2 N–H and O–H groups in total. The Morgan fingerprint density at radius 1 is 1.11 bits per heavy atom. The molecule has 2 amide bonds. The number of methoxy groups -OCH3 is 2. The van der Waals surface area contributed by atoms with E-state index in [1.807, 2.05) is 31.2 Å². The second kappa shape index (κ2) is 10.5. The van der Waals surface area contributed by atoms with Crippen LogP contribution in [0.2, 0.25) is 0 Å². The molecule has 0 spiro atoms. The van der Waals surface area contributed by atoms with Crippen LogP contribution in [0, 0.1) is 6.92 Å². The number of halogens is 1. The second-order valence-corrected chi connectivity index (χ2v) is 6.75. The Morgan fingerprint density at radius 3 is 2.50 bits per heavy atom. The lowest BCUT2D eigenvalue weighted by Gasteiger charge is -2.10. The lowest BCUT2D eigenvalue weighted by atomic mass is 10.2. The maximum Gasteiger partial charge on any atom is 0.240 e. The molecule has 0 aliphatic heterocycles. The van der Waals surface area contributed by atoms with Crippen LogP contribution in [0.15, 0.2) is 46.0 Å². The van der Waals surface area contributed by atoms with Crippen LogP contribution in [0.4, 0.5) is 5.69 Å². The van der Waals surface area contributed by atoms with Gasteiger partial charge in [-0.3, -0.25) is 9.59 Å². The van der Waals surface area contributed by atoms with Crippen LogP contribution in [-0.2, 0) is 9.59 Å². The molecule has 0 atom stereocenters. The van der Waals surface area contributed by atoms with E-state index in [1.165, 1.54) is 13.3 Å². The van der Waals surface area contributed by atoms with Crippen LogP contribution in [-0.4, -0.2) is 32.2 Å². The normalized spacial score (nSPS) is 10.6. The largest absolute Gasteiger partial charge is 0.493 e. The molecule has 0 radical (unpaired) electrons. The fraction of sp³-hybridized carbons (Fsp3) is 0.250. The zero-order chi connectivity index (χ0) is 20.5. The number of hydrogen-bond acceptors (Lipinski definition) is 5. The minimum absolute atomic E-state index is 0.0324. The van der Waals surface area contributed by atoms with Crippen molar-refractivity contribution in [3.63, 3.8) is 0 Å². The summed E-state index contributed by atoms with van der Waals surface area (Å²) in [5, 5.41) is 6.71. The molecule has 0 bridgehead atoms. The summed E-state index contributed by atoms with van der Waals surface area (Å²) in [7, 11) is 3.08. The Labute approximate surface area is 172 Å². The summed E-state index contributed by atoms with van der Waals surface area (Å²) in [5.41, 5.74) is 4.83. The topological polar surface area (TPSA) is 89.0 Å². The van der Waals surface area contributed by atoms with Gasteiger partial charge in [-0.15, -0.1) is 0 Å². The molecule has 2 aromatic carbocycles. The van der Waals surface area contributed by atoms with Gasteiger partial charge in [-0.25, -0.2) is 5.43 Å². The maximum atomic E-state index is 12.0. The van der Waals surface area contributed by atoms with Crippen LogP contribution in [0.3, 0.4) is 0 Å². The van der Waals surface area contributed by atoms with Crippen LogP contribution >= 0.6 is 15.9 Å². The zero-order valence-corrected chi connectivity index (χ0v) is 17.5. The average Bonchev–Trinajstić information content (AvgIpc) is 2.67. The van der Waals surface area contributed by atoms with E-state index in [-0.39, 0.29) is 24.7 Å². The van der Waals surface area contributed by atoms with Crippen molar-refractivity contribution < 1.29 is 19.1 Å². The summed E-state index contributed by atoms with van der Waals surface area (Å²) in [6.45, 7) is 1.91. The molecule has 8 heteroatoms. The van der Waals surface area contributed by atoms with E-state index in [0.717, 1.165) is 11.3 Å². The van der Waals surface area contributed by atoms with Gasteiger partial charge in [0.1, 0.15) is 0 Å². The standard InChI is InChI=1S/C20H22BrN3O4/c1-13-6-4-5-7-16(13)23-18(25)8-9-19(26)24-22-12-14-10-15(21)20(28-3)17(11-14)27-2/h4-7,10-12H,8-9H2,1-3H3,(H,23,25)(H,24,26). The van der Waals surface area contributed by atoms with Crippen molar-refractivity contribution in [1.29, 1.82) is 0 Å². The van der Waals surface area contributed by atoms with Crippen molar-refractivity contribution in [3.8, 4) is 11.5 Å². The third kappa shape index (κ3) is 6.09. The highest BCUT2D eigenvalue weighted by Gasteiger charge is 2.10. The molecule has 7 nitrogen and oxygen atoms in total. The highest BCUT2D eigenvalue weighted by atomic mass is 79.9. The fourth-order valence-electron chi connectivity index (χ4n) is 2.40. The number of rotatable bonds is 8. The Balaban J connectivity index is 1.84. The number of aryl methyl sites for hydroxylation is 1. The number of hydrogen-bond donors (Lipinski definition) is 2. The molecule has 2 aromatic rings. The Hall–Kier alpha value is -2.87. The summed E-state index contributed by atoms with van der Waals surface area (Å²) >= 11 is 3.39. The Kier molecular flexibility index (Phi) is 8.01. The third-order valence-electron chi connectivity index (χ3n) is 3.86. The van der Waals surface area contributed by atoms with Gasteiger partial charge in [0.2, 0.25) is 11.8 Å². The third-order valence-corrected chi connectivity index (χ3v) is 4.45. The molecule has 0 fully saturated rings. The Bertz CT molecular complexity index is 884. The number of benzene rings is 2. The van der Waals surface area contributed by atoms with Crippen LogP contribution in [0.1, 0.15) is 24.0 Å². The quantitative estimate of drug-likeness (QED) is 0.477. The second-order valence-electron chi connectivity index (χ2n) is 5.89. The number of para-hydroxylation sites is 1. The first kappa shape index (κ1) is 21.4. The van der Waals surface area contributed by atoms with E-state index < -0.39 is 0 Å². The molecule has 148 valence electrons. The zero-order valence-electron chi connectivity index (χ0n) is 15.9. The number of carbonyl (C=O) groups is 2. The predicted molar refractivity (Wildman–Crippen MR) is 112 cm³/mol. The van der Waals surface area contributed by atoms with Crippen molar-refractivity contribution in [1.82, 2.24) is 5.43 Å². The first-order valence-corrected chi connectivity index (χ1v) is 9.32. The summed E-state index contributed by atoms with van der Waals surface area (Å²) in [6.07, 6.45) is 1.58. The molecule has 2 rings (SSSR count). The SMILES string of the molecule is COc1cc(C=NNC(=O)CCC(=O)Nc2ccccc2C)cc(Br)c1OC. The van der Waals surface area contributed by atoms with Crippen molar-refractivity contribution in [2.45, 2.75) is 19.8 Å². The summed E-state index contributed by atoms with van der Waals surface area (Å²) in [5.74, 6) is 0.536. The van der Waals surface area contributed by atoms with Crippen molar-refractivity contribution in [2.24, 2.45) is 5.10 Å². The van der Waals surface area contributed by atoms with Gasteiger partial charge < -0.3 is 14.8 Å². The van der Waals surface area contributed by atoms with E-state index >= 15 is 0 Å². The highest BCUT2D eigenvalue weighted by Crippen LogP contribution is 2.35. The predicted octanol–water partition coefficient (Wildman–Crippen LogP) is 3.64. The molecular formula is C20H22BrN3O4.